The van der Waals surface area contributed by atoms with Crippen LogP contribution in [0, 0.1) is 0 Å². The number of nitrogens with one attached hydrogen (secondary N) is 1. The van der Waals surface area contributed by atoms with Crippen LogP contribution in [0.4, 0.5) is 0 Å². The van der Waals surface area contributed by atoms with Gasteiger partial charge in [-0.25, -0.2) is 0 Å². The van der Waals surface area contributed by atoms with Crippen LogP contribution in [0.25, 0.3) is 0 Å². The molecule has 1 amide bonds. The molecule has 1 aliphatic rings. The number of nitrogens with two attached hydrogens (primary N) is 1. The number of ether oxygens (including phenoxy) is 2. The van der Waals surface area contributed by atoms with Gasteiger partial charge in [0, 0.05) is 0 Å². The fraction of sp³-hybridized carbons (Fsp3) is 0.562. The highest BCUT2D eigenvalue weighted by Gasteiger charge is 2.36. The molecule has 1 aliphatic carbocycles. The van der Waals surface area contributed by atoms with E-state index in [1.807, 2.05) is 31.2 Å². The van der Waals surface area contributed by atoms with Gasteiger partial charge in [-0.15, -0.1) is 12.4 Å². The Morgan fingerprint density at radius 2 is 1.91 bits per heavy atom. The molecule has 22 heavy (non-hydrogen) atoms. The third-order valence-corrected chi connectivity index (χ3v) is 3.90. The van der Waals surface area contributed by atoms with Gasteiger partial charge in [0.15, 0.2) is 11.5 Å². The number of halogens is 1. The minimum absolute atomic E-state index is 0. The summed E-state index contributed by atoms with van der Waals surface area (Å²) in [6, 6.07) is 7.46. The maximum Gasteiger partial charge on any atom is 0.240 e. The van der Waals surface area contributed by atoms with Gasteiger partial charge in [-0.3, -0.25) is 4.79 Å². The summed E-state index contributed by atoms with van der Waals surface area (Å²) in [5.41, 5.74) is 5.42. The lowest BCUT2D eigenvalue weighted by molar-refractivity contribution is -0.126. The molecule has 0 radical (unpaired) electrons. The van der Waals surface area contributed by atoms with Crippen LogP contribution in [0.5, 0.6) is 11.5 Å². The standard InChI is InChI=1S/C16H24N2O3.ClH/c1-12(21-14-8-4-3-7-13(14)20-2)11-18-15(19)16(17)9-5-6-10-16;/h3-4,7-8,12H,5-6,9-11,17H2,1-2H3,(H,18,19);1H. The van der Waals surface area contributed by atoms with Crippen molar-refractivity contribution in [1.29, 1.82) is 0 Å². The molecule has 1 saturated carbocycles. The van der Waals surface area contributed by atoms with Crippen molar-refractivity contribution in [2.45, 2.75) is 44.2 Å². The second kappa shape index (κ2) is 8.25. The van der Waals surface area contributed by atoms with Crippen LogP contribution in [0.1, 0.15) is 32.6 Å². The largest absolute Gasteiger partial charge is 0.493 e. The fourth-order valence-corrected chi connectivity index (χ4v) is 2.62. The van der Waals surface area contributed by atoms with Crippen molar-refractivity contribution < 1.29 is 14.3 Å². The second-order valence-electron chi connectivity index (χ2n) is 5.65. The summed E-state index contributed by atoms with van der Waals surface area (Å²) in [5.74, 6) is 1.28. The number of para-hydroxylation sites is 2. The topological polar surface area (TPSA) is 73.6 Å². The summed E-state index contributed by atoms with van der Waals surface area (Å²) in [6.07, 6.45) is 3.42. The van der Waals surface area contributed by atoms with Crippen LogP contribution in [0.15, 0.2) is 24.3 Å². The van der Waals surface area contributed by atoms with E-state index in [0.29, 0.717) is 18.0 Å². The molecule has 0 saturated heterocycles. The lowest BCUT2D eigenvalue weighted by Crippen LogP contribution is -2.53. The van der Waals surface area contributed by atoms with E-state index in [4.69, 9.17) is 15.2 Å². The van der Waals surface area contributed by atoms with Crippen molar-refractivity contribution in [3.63, 3.8) is 0 Å². The maximum atomic E-state index is 12.1. The molecule has 0 aromatic heterocycles. The van der Waals surface area contributed by atoms with E-state index in [1.165, 1.54) is 0 Å². The minimum atomic E-state index is -0.690. The molecule has 0 bridgehead atoms. The van der Waals surface area contributed by atoms with Gasteiger partial charge in [-0.1, -0.05) is 25.0 Å². The molecule has 1 aromatic carbocycles. The van der Waals surface area contributed by atoms with E-state index in [-0.39, 0.29) is 24.4 Å². The number of carbonyl (C=O) groups excluding carboxylic acids is 1. The summed E-state index contributed by atoms with van der Waals surface area (Å²) in [5, 5.41) is 2.89. The Balaban J connectivity index is 0.00000242. The molecular weight excluding hydrogens is 304 g/mol. The molecule has 1 atom stereocenters. The second-order valence-corrected chi connectivity index (χ2v) is 5.65. The highest BCUT2D eigenvalue weighted by atomic mass is 35.5. The molecule has 6 heteroatoms. The Bertz CT molecular complexity index is 490. The molecule has 1 unspecified atom stereocenters. The monoisotopic (exact) mass is 328 g/mol. The van der Waals surface area contributed by atoms with Gasteiger partial charge in [0.05, 0.1) is 19.2 Å². The number of hydrogen-bond donors (Lipinski definition) is 2. The van der Waals surface area contributed by atoms with Crippen LogP contribution in [-0.4, -0.2) is 31.2 Å². The van der Waals surface area contributed by atoms with E-state index in [2.05, 4.69) is 5.32 Å². The third-order valence-electron chi connectivity index (χ3n) is 3.90. The zero-order chi connectivity index (χ0) is 15.3. The molecule has 124 valence electrons. The van der Waals surface area contributed by atoms with Crippen molar-refractivity contribution in [2.24, 2.45) is 5.73 Å². The molecule has 1 aromatic rings. The first-order valence-electron chi connectivity index (χ1n) is 7.42. The number of methoxy groups -OCH3 is 1. The van der Waals surface area contributed by atoms with Crippen molar-refractivity contribution in [3.8, 4) is 11.5 Å². The van der Waals surface area contributed by atoms with Crippen LogP contribution >= 0.6 is 12.4 Å². The zero-order valence-electron chi connectivity index (χ0n) is 13.1. The number of rotatable bonds is 6. The average Bonchev–Trinajstić information content (AvgIpc) is 2.93. The molecule has 0 aliphatic heterocycles. The Kier molecular flexibility index (Phi) is 6.97. The fourth-order valence-electron chi connectivity index (χ4n) is 2.62. The number of carbonyl (C=O) groups is 1. The van der Waals surface area contributed by atoms with Gasteiger partial charge in [-0.2, -0.15) is 0 Å². The predicted octanol–water partition coefficient (Wildman–Crippen LogP) is 2.27. The van der Waals surface area contributed by atoms with Crippen molar-refractivity contribution in [3.05, 3.63) is 24.3 Å². The normalized spacial score (nSPS) is 17.2. The summed E-state index contributed by atoms with van der Waals surface area (Å²) < 4.78 is 11.0. The van der Waals surface area contributed by atoms with E-state index in [1.54, 1.807) is 7.11 Å². The molecule has 3 N–H and O–H groups in total. The number of amides is 1. The van der Waals surface area contributed by atoms with Gasteiger partial charge in [0.1, 0.15) is 6.10 Å². The lowest BCUT2D eigenvalue weighted by Gasteiger charge is -2.24. The lowest BCUT2D eigenvalue weighted by atomic mass is 9.98. The van der Waals surface area contributed by atoms with Gasteiger partial charge >= 0.3 is 0 Å². The van der Waals surface area contributed by atoms with E-state index in [9.17, 15) is 4.79 Å². The zero-order valence-corrected chi connectivity index (χ0v) is 13.9. The highest BCUT2D eigenvalue weighted by Crippen LogP contribution is 2.28. The van der Waals surface area contributed by atoms with Crippen LogP contribution < -0.4 is 20.5 Å². The van der Waals surface area contributed by atoms with Gasteiger partial charge in [-0.05, 0) is 31.9 Å². The van der Waals surface area contributed by atoms with Gasteiger partial charge in [0.25, 0.3) is 0 Å². The van der Waals surface area contributed by atoms with E-state index >= 15 is 0 Å². The summed E-state index contributed by atoms with van der Waals surface area (Å²) >= 11 is 0. The molecule has 2 rings (SSSR count). The van der Waals surface area contributed by atoms with Crippen LogP contribution in [0.2, 0.25) is 0 Å². The van der Waals surface area contributed by atoms with E-state index < -0.39 is 5.54 Å². The highest BCUT2D eigenvalue weighted by molar-refractivity contribution is 5.86. The molecule has 5 nitrogen and oxygen atoms in total. The first-order chi connectivity index (χ1) is 10.0. The summed E-state index contributed by atoms with van der Waals surface area (Å²) in [4.78, 5) is 12.1. The van der Waals surface area contributed by atoms with Crippen molar-refractivity contribution in [2.75, 3.05) is 13.7 Å². The molecular formula is C16H25ClN2O3. The van der Waals surface area contributed by atoms with Gasteiger partial charge < -0.3 is 20.5 Å². The van der Waals surface area contributed by atoms with Crippen molar-refractivity contribution in [1.82, 2.24) is 5.32 Å². The number of hydrogen-bond acceptors (Lipinski definition) is 4. The Morgan fingerprint density at radius 1 is 1.32 bits per heavy atom. The maximum absolute atomic E-state index is 12.1. The Morgan fingerprint density at radius 3 is 2.50 bits per heavy atom. The molecule has 0 heterocycles. The summed E-state index contributed by atoms with van der Waals surface area (Å²) in [6.45, 7) is 2.33. The van der Waals surface area contributed by atoms with Gasteiger partial charge in [0.2, 0.25) is 5.91 Å². The first kappa shape index (κ1) is 18.6. The molecule has 1 fully saturated rings. The smallest absolute Gasteiger partial charge is 0.240 e. The van der Waals surface area contributed by atoms with Crippen LogP contribution in [0.3, 0.4) is 0 Å². The summed E-state index contributed by atoms with van der Waals surface area (Å²) in [7, 11) is 1.60. The molecule has 0 spiro atoms. The predicted molar refractivity (Wildman–Crippen MR) is 88.7 cm³/mol. The minimum Gasteiger partial charge on any atom is -0.493 e. The van der Waals surface area contributed by atoms with Crippen LogP contribution in [-0.2, 0) is 4.79 Å². The number of benzene rings is 1. The SMILES string of the molecule is COc1ccccc1OC(C)CNC(=O)C1(N)CCCC1.Cl. The Hall–Kier alpha value is -1.46. The average molecular weight is 329 g/mol. The third kappa shape index (κ3) is 4.52. The van der Waals surface area contributed by atoms with E-state index in [0.717, 1.165) is 25.7 Å². The van der Waals surface area contributed by atoms with Crippen molar-refractivity contribution >= 4 is 18.3 Å². The quantitative estimate of drug-likeness (QED) is 0.840. The first-order valence-corrected chi connectivity index (χ1v) is 7.42. The Labute approximate surface area is 138 Å².